The molecule has 1 atom stereocenters. The van der Waals surface area contributed by atoms with Crippen molar-refractivity contribution >= 4 is 27.3 Å². The standard InChI is InChI=1S/C23H28N2O3S.CH4/c1-22(2)20-16-19(29(5,26)27)10-11-21(20)25-14-15-28-23(22,25)13-12-17-6-8-18(9-7-17)24(3)4;/h6-13,16H,14-15H2,1-5H3;1H4. The van der Waals surface area contributed by atoms with Gasteiger partial charge >= 0.3 is 0 Å². The largest absolute Gasteiger partial charge is 0.378 e. The molecule has 2 heterocycles. The topological polar surface area (TPSA) is 49.9 Å². The Bertz CT molecular complexity index is 1070. The molecule has 0 aliphatic carbocycles. The van der Waals surface area contributed by atoms with E-state index in [9.17, 15) is 8.42 Å². The van der Waals surface area contributed by atoms with Crippen LogP contribution in [-0.2, 0) is 20.0 Å². The van der Waals surface area contributed by atoms with Crippen molar-refractivity contribution < 1.29 is 13.2 Å². The highest BCUT2D eigenvalue weighted by Gasteiger charge is 2.59. The molecule has 30 heavy (non-hydrogen) atoms. The first-order chi connectivity index (χ1) is 13.6. The summed E-state index contributed by atoms with van der Waals surface area (Å²) in [5, 5.41) is 0. The number of rotatable bonds is 4. The summed E-state index contributed by atoms with van der Waals surface area (Å²) in [6.07, 6.45) is 5.48. The Morgan fingerprint density at radius 3 is 2.37 bits per heavy atom. The maximum absolute atomic E-state index is 12.1. The molecule has 0 amide bonds. The Kier molecular flexibility index (Phi) is 5.54. The highest BCUT2D eigenvalue weighted by atomic mass is 32.2. The first-order valence-electron chi connectivity index (χ1n) is 9.79. The van der Waals surface area contributed by atoms with Gasteiger partial charge in [0, 0.05) is 43.7 Å². The minimum Gasteiger partial charge on any atom is -0.378 e. The molecule has 2 aliphatic rings. The molecule has 0 aromatic heterocycles. The Morgan fingerprint density at radius 2 is 1.77 bits per heavy atom. The maximum Gasteiger partial charge on any atom is 0.175 e. The lowest BCUT2D eigenvalue weighted by Gasteiger charge is -2.39. The summed E-state index contributed by atoms with van der Waals surface area (Å²) in [4.78, 5) is 4.69. The molecule has 2 aromatic carbocycles. The van der Waals surface area contributed by atoms with Crippen LogP contribution in [0.2, 0.25) is 0 Å². The van der Waals surface area contributed by atoms with Crippen molar-refractivity contribution in [2.75, 3.05) is 43.3 Å². The number of ether oxygens (including phenoxy) is 1. The molecule has 2 aliphatic heterocycles. The number of fused-ring (bicyclic) bond motifs is 3. The fourth-order valence-corrected chi connectivity index (χ4v) is 5.11. The Morgan fingerprint density at radius 1 is 1.10 bits per heavy atom. The van der Waals surface area contributed by atoms with Crippen LogP contribution in [0, 0.1) is 0 Å². The maximum atomic E-state index is 12.1. The third-order valence-corrected chi connectivity index (χ3v) is 7.32. The highest BCUT2D eigenvalue weighted by Crippen LogP contribution is 2.55. The SMILES string of the molecule is C.CN(C)c1ccc(C=CC23OCCN2c2ccc(S(C)(=O)=O)cc2C3(C)C)cc1. The molecular weight excluding hydrogens is 396 g/mol. The van der Waals surface area contributed by atoms with Crippen molar-refractivity contribution in [3.05, 3.63) is 59.7 Å². The van der Waals surface area contributed by atoms with Crippen molar-refractivity contribution in [2.24, 2.45) is 0 Å². The van der Waals surface area contributed by atoms with Crippen molar-refractivity contribution in [3.63, 3.8) is 0 Å². The van der Waals surface area contributed by atoms with Gasteiger partial charge in [0.2, 0.25) is 0 Å². The van der Waals surface area contributed by atoms with Crippen LogP contribution >= 0.6 is 0 Å². The van der Waals surface area contributed by atoms with Gasteiger partial charge in [0.05, 0.1) is 11.5 Å². The summed E-state index contributed by atoms with van der Waals surface area (Å²) < 4.78 is 30.5. The van der Waals surface area contributed by atoms with E-state index in [0.29, 0.717) is 11.5 Å². The van der Waals surface area contributed by atoms with E-state index in [1.54, 1.807) is 6.07 Å². The second-order valence-corrected chi connectivity index (χ2v) is 10.6. The average molecular weight is 429 g/mol. The van der Waals surface area contributed by atoms with Crippen LogP contribution in [0.3, 0.4) is 0 Å². The van der Waals surface area contributed by atoms with Crippen LogP contribution in [0.5, 0.6) is 0 Å². The molecule has 5 nitrogen and oxygen atoms in total. The summed E-state index contributed by atoms with van der Waals surface area (Å²) in [6.45, 7) is 5.67. The molecule has 4 rings (SSSR count). The van der Waals surface area contributed by atoms with Gasteiger partial charge in [0.15, 0.2) is 15.6 Å². The van der Waals surface area contributed by atoms with E-state index in [-0.39, 0.29) is 7.43 Å². The van der Waals surface area contributed by atoms with Gasteiger partial charge in [-0.05, 0) is 47.5 Å². The number of hydrogen-bond donors (Lipinski definition) is 0. The molecule has 1 fully saturated rings. The quantitative estimate of drug-likeness (QED) is 0.725. The third-order valence-electron chi connectivity index (χ3n) is 6.20. The Hall–Kier alpha value is -2.31. The van der Waals surface area contributed by atoms with Crippen LogP contribution < -0.4 is 9.80 Å². The summed E-state index contributed by atoms with van der Waals surface area (Å²) in [5.74, 6) is 0. The van der Waals surface area contributed by atoms with E-state index in [1.807, 2.05) is 26.2 Å². The van der Waals surface area contributed by atoms with Crippen LogP contribution in [0.15, 0.2) is 53.4 Å². The Balaban J connectivity index is 0.00000256. The van der Waals surface area contributed by atoms with Crippen LogP contribution in [-0.4, -0.2) is 47.6 Å². The third kappa shape index (κ3) is 3.32. The molecule has 0 saturated carbocycles. The monoisotopic (exact) mass is 428 g/mol. The second-order valence-electron chi connectivity index (χ2n) is 8.59. The summed E-state index contributed by atoms with van der Waals surface area (Å²) in [5.41, 5.74) is 3.27. The lowest BCUT2D eigenvalue weighted by Crippen LogP contribution is -2.51. The first-order valence-corrected chi connectivity index (χ1v) is 11.7. The van der Waals surface area contributed by atoms with Crippen LogP contribution in [0.1, 0.15) is 32.4 Å². The molecule has 0 spiro atoms. The number of benzene rings is 2. The molecule has 162 valence electrons. The smallest absolute Gasteiger partial charge is 0.175 e. The van der Waals surface area contributed by atoms with Crippen molar-refractivity contribution in [1.29, 1.82) is 0 Å². The van der Waals surface area contributed by atoms with E-state index < -0.39 is 21.0 Å². The predicted octanol–water partition coefficient (Wildman–Crippen LogP) is 4.33. The summed E-state index contributed by atoms with van der Waals surface area (Å²) in [6, 6.07) is 13.8. The van der Waals surface area contributed by atoms with Crippen LogP contribution in [0.4, 0.5) is 11.4 Å². The molecule has 0 radical (unpaired) electrons. The zero-order valence-corrected chi connectivity index (χ0v) is 18.5. The zero-order chi connectivity index (χ0) is 21.0. The number of nitrogens with zero attached hydrogens (tertiary/aromatic N) is 2. The van der Waals surface area contributed by atoms with Crippen molar-refractivity contribution in [2.45, 2.75) is 37.3 Å². The van der Waals surface area contributed by atoms with E-state index in [2.05, 4.69) is 60.1 Å². The van der Waals surface area contributed by atoms with Gasteiger partial charge in [-0.1, -0.05) is 39.5 Å². The summed E-state index contributed by atoms with van der Waals surface area (Å²) in [7, 11) is 0.784. The second kappa shape index (κ2) is 7.43. The van der Waals surface area contributed by atoms with Crippen molar-refractivity contribution in [3.8, 4) is 0 Å². The van der Waals surface area contributed by atoms with E-state index in [1.165, 1.54) is 6.26 Å². The van der Waals surface area contributed by atoms with Crippen LogP contribution in [0.25, 0.3) is 6.08 Å². The van der Waals surface area contributed by atoms with Gasteiger partial charge < -0.3 is 14.5 Å². The molecule has 0 bridgehead atoms. The van der Waals surface area contributed by atoms with Gasteiger partial charge in [0.1, 0.15) is 0 Å². The molecule has 6 heteroatoms. The van der Waals surface area contributed by atoms with Gasteiger partial charge in [0.25, 0.3) is 0 Å². The fourth-order valence-electron chi connectivity index (χ4n) is 4.47. The number of sulfone groups is 1. The molecule has 1 unspecified atom stereocenters. The van der Waals surface area contributed by atoms with E-state index >= 15 is 0 Å². The predicted molar refractivity (Wildman–Crippen MR) is 125 cm³/mol. The highest BCUT2D eigenvalue weighted by molar-refractivity contribution is 7.90. The molecule has 1 saturated heterocycles. The van der Waals surface area contributed by atoms with Gasteiger partial charge in [-0.2, -0.15) is 0 Å². The summed E-state index contributed by atoms with van der Waals surface area (Å²) >= 11 is 0. The molecular formula is C24H32N2O3S. The van der Waals surface area contributed by atoms with E-state index in [4.69, 9.17) is 4.74 Å². The number of anilines is 2. The first kappa shape index (κ1) is 22.4. The minimum atomic E-state index is -3.27. The zero-order valence-electron chi connectivity index (χ0n) is 17.6. The van der Waals surface area contributed by atoms with Gasteiger partial charge in [-0.3, -0.25) is 0 Å². The normalized spacial score (nSPS) is 22.0. The van der Waals surface area contributed by atoms with Crippen molar-refractivity contribution in [1.82, 2.24) is 0 Å². The average Bonchev–Trinajstić information content (AvgIpc) is 3.17. The van der Waals surface area contributed by atoms with Gasteiger partial charge in [-0.15, -0.1) is 0 Å². The minimum absolute atomic E-state index is 0. The molecule has 2 aromatic rings. The lowest BCUT2D eigenvalue weighted by molar-refractivity contribution is 0.000294. The lowest BCUT2D eigenvalue weighted by atomic mass is 9.77. The fraction of sp³-hybridized carbons (Fsp3) is 0.417. The molecule has 0 N–H and O–H groups in total. The number of hydrogen-bond acceptors (Lipinski definition) is 5. The van der Waals surface area contributed by atoms with Gasteiger partial charge in [-0.25, -0.2) is 8.42 Å². The van der Waals surface area contributed by atoms with E-state index in [0.717, 1.165) is 29.0 Å². The Labute approximate surface area is 180 Å².